The molecule has 0 amide bonds. The summed E-state index contributed by atoms with van der Waals surface area (Å²) in [6.07, 6.45) is 4.33. The van der Waals surface area contributed by atoms with Crippen LogP contribution < -0.4 is 0 Å². The largest absolute Gasteiger partial charge is 0.292 e. The molecular weight excluding hydrogens is 424 g/mol. The molecule has 0 bridgehead atoms. The molecule has 0 aliphatic heterocycles. The number of pyridine rings is 1. The molecule has 0 saturated heterocycles. The van der Waals surface area contributed by atoms with Gasteiger partial charge < -0.3 is 0 Å². The Balaban J connectivity index is 1.38. The van der Waals surface area contributed by atoms with E-state index in [1.54, 1.807) is 5.57 Å². The van der Waals surface area contributed by atoms with Gasteiger partial charge in [0.25, 0.3) is 0 Å². The topological polar surface area (TPSA) is 17.3 Å². The predicted molar refractivity (Wildman–Crippen MR) is 143 cm³/mol. The molecular formula is C33H22N2. The first-order chi connectivity index (χ1) is 17.3. The highest BCUT2D eigenvalue weighted by molar-refractivity contribution is 6.04. The zero-order valence-electron chi connectivity index (χ0n) is 19.3. The Morgan fingerprint density at radius 3 is 2.37 bits per heavy atom. The Labute approximate surface area is 203 Å². The lowest BCUT2D eigenvalue weighted by atomic mass is 9.83. The number of para-hydroxylation sites is 3. The summed E-state index contributed by atoms with van der Waals surface area (Å²) in [6.45, 7) is 0. The summed E-state index contributed by atoms with van der Waals surface area (Å²) in [5, 5.41) is 1.37. The second-order valence-corrected chi connectivity index (χ2v) is 10.3. The van der Waals surface area contributed by atoms with Crippen LogP contribution in [0.5, 0.6) is 0 Å². The van der Waals surface area contributed by atoms with Crippen LogP contribution in [-0.2, 0) is 19.3 Å². The maximum absolute atomic E-state index is 5.25. The number of aromatic nitrogens is 2. The molecule has 4 aromatic carbocycles. The maximum Gasteiger partial charge on any atom is 0.146 e. The van der Waals surface area contributed by atoms with E-state index in [1.807, 2.05) is 0 Å². The Morgan fingerprint density at radius 2 is 1.40 bits per heavy atom. The molecule has 0 atom stereocenters. The van der Waals surface area contributed by atoms with E-state index < -0.39 is 0 Å². The van der Waals surface area contributed by atoms with Crippen molar-refractivity contribution in [2.24, 2.45) is 0 Å². The van der Waals surface area contributed by atoms with E-state index >= 15 is 0 Å². The van der Waals surface area contributed by atoms with Gasteiger partial charge in [-0.3, -0.25) is 4.40 Å². The van der Waals surface area contributed by atoms with Gasteiger partial charge in [-0.25, -0.2) is 4.98 Å². The minimum Gasteiger partial charge on any atom is -0.292 e. The molecule has 0 spiro atoms. The summed E-state index contributed by atoms with van der Waals surface area (Å²) in [4.78, 5) is 5.25. The standard InChI is InChI=1S/C33H22N2/c1-2-8-23-19(7-1)15-21-18-27-22(17-26(21)23)16-20-13-14-25-24-9-3-5-11-29(24)35-30-12-6-4-10-28(30)34-33(35)32(25)31(20)27/h1-12,17-18H,13-16H2. The van der Waals surface area contributed by atoms with Crippen LogP contribution in [0.4, 0.5) is 0 Å². The second kappa shape index (κ2) is 6.28. The molecule has 0 saturated carbocycles. The molecule has 6 aromatic rings. The van der Waals surface area contributed by atoms with Crippen molar-refractivity contribution in [1.29, 1.82) is 0 Å². The lowest BCUT2D eigenvalue weighted by molar-refractivity contribution is 0.901. The monoisotopic (exact) mass is 446 g/mol. The first kappa shape index (κ1) is 18.2. The summed E-state index contributed by atoms with van der Waals surface area (Å²) in [5.41, 5.74) is 19.3. The molecule has 2 heterocycles. The SMILES string of the molecule is c1ccc2c(c1)Cc1cc3c(cc1-2)CC1=C3c2c(c3ccccc3n3c2nc2ccccc23)CC1. The summed E-state index contributed by atoms with van der Waals surface area (Å²) >= 11 is 0. The summed E-state index contributed by atoms with van der Waals surface area (Å²) in [6, 6.07) is 31.4. The highest BCUT2D eigenvalue weighted by atomic mass is 15.0. The van der Waals surface area contributed by atoms with Crippen molar-refractivity contribution >= 4 is 33.2 Å². The molecule has 3 aliphatic carbocycles. The number of hydrogen-bond donors (Lipinski definition) is 0. The van der Waals surface area contributed by atoms with E-state index in [1.165, 1.54) is 66.5 Å². The minimum absolute atomic E-state index is 1.04. The van der Waals surface area contributed by atoms with Gasteiger partial charge in [0.15, 0.2) is 0 Å². The third-order valence-corrected chi connectivity index (χ3v) is 8.53. The van der Waals surface area contributed by atoms with Crippen LogP contribution in [0.25, 0.3) is 44.3 Å². The van der Waals surface area contributed by atoms with Gasteiger partial charge in [-0.15, -0.1) is 0 Å². The fourth-order valence-corrected chi connectivity index (χ4v) is 7.07. The van der Waals surface area contributed by atoms with Crippen LogP contribution in [-0.4, -0.2) is 9.38 Å². The number of benzene rings is 4. The fourth-order valence-electron chi connectivity index (χ4n) is 7.07. The van der Waals surface area contributed by atoms with Gasteiger partial charge in [0.2, 0.25) is 0 Å². The summed E-state index contributed by atoms with van der Waals surface area (Å²) in [5.74, 6) is 0. The number of fused-ring (bicyclic) bond motifs is 14. The van der Waals surface area contributed by atoms with Crippen LogP contribution >= 0.6 is 0 Å². The normalized spacial score (nSPS) is 15.4. The molecule has 2 aromatic heterocycles. The Kier molecular flexibility index (Phi) is 3.27. The predicted octanol–water partition coefficient (Wildman–Crippen LogP) is 7.52. The highest BCUT2D eigenvalue weighted by Crippen LogP contribution is 2.50. The van der Waals surface area contributed by atoms with E-state index in [2.05, 4.69) is 89.3 Å². The number of imidazole rings is 1. The average Bonchev–Trinajstić information content (AvgIpc) is 3.58. The second-order valence-electron chi connectivity index (χ2n) is 10.3. The molecule has 0 unspecified atom stereocenters. The van der Waals surface area contributed by atoms with Gasteiger partial charge in [0, 0.05) is 10.9 Å². The smallest absolute Gasteiger partial charge is 0.146 e. The Morgan fingerprint density at radius 1 is 0.629 bits per heavy atom. The van der Waals surface area contributed by atoms with Crippen molar-refractivity contribution in [3.63, 3.8) is 0 Å². The van der Waals surface area contributed by atoms with Gasteiger partial charge >= 0.3 is 0 Å². The van der Waals surface area contributed by atoms with E-state index in [-0.39, 0.29) is 0 Å². The Bertz CT molecular complexity index is 1950. The molecule has 2 heteroatoms. The molecule has 3 aliphatic rings. The number of nitrogens with zero attached hydrogens (tertiary/aromatic N) is 2. The van der Waals surface area contributed by atoms with Crippen LogP contribution in [0.15, 0.2) is 90.5 Å². The van der Waals surface area contributed by atoms with Crippen molar-refractivity contribution in [2.75, 3.05) is 0 Å². The average molecular weight is 447 g/mol. The lowest BCUT2D eigenvalue weighted by Crippen LogP contribution is -2.08. The zero-order chi connectivity index (χ0) is 22.7. The van der Waals surface area contributed by atoms with Crippen LogP contribution in [0.2, 0.25) is 0 Å². The molecule has 0 N–H and O–H groups in total. The first-order valence-corrected chi connectivity index (χ1v) is 12.6. The van der Waals surface area contributed by atoms with Gasteiger partial charge in [0.1, 0.15) is 5.65 Å². The van der Waals surface area contributed by atoms with Crippen LogP contribution in [0, 0.1) is 0 Å². The minimum atomic E-state index is 1.04. The van der Waals surface area contributed by atoms with E-state index in [9.17, 15) is 0 Å². The number of aryl methyl sites for hydroxylation is 1. The number of hydrogen-bond acceptors (Lipinski definition) is 1. The molecule has 9 rings (SSSR count). The molecule has 2 nitrogen and oxygen atoms in total. The lowest BCUT2D eigenvalue weighted by Gasteiger charge is -2.23. The maximum atomic E-state index is 5.25. The Hall–Kier alpha value is -4.17. The van der Waals surface area contributed by atoms with Gasteiger partial charge in [0.05, 0.1) is 16.6 Å². The van der Waals surface area contributed by atoms with Crippen molar-refractivity contribution in [1.82, 2.24) is 9.38 Å². The van der Waals surface area contributed by atoms with E-state index in [4.69, 9.17) is 4.98 Å². The van der Waals surface area contributed by atoms with Crippen molar-refractivity contribution in [3.05, 3.63) is 124 Å². The first-order valence-electron chi connectivity index (χ1n) is 12.6. The highest BCUT2D eigenvalue weighted by Gasteiger charge is 2.33. The number of rotatable bonds is 0. The van der Waals surface area contributed by atoms with Crippen molar-refractivity contribution in [3.8, 4) is 11.1 Å². The van der Waals surface area contributed by atoms with Crippen molar-refractivity contribution < 1.29 is 0 Å². The van der Waals surface area contributed by atoms with Crippen molar-refractivity contribution in [2.45, 2.75) is 25.7 Å². The van der Waals surface area contributed by atoms with Gasteiger partial charge in [-0.05, 0) is 101 Å². The third-order valence-electron chi connectivity index (χ3n) is 8.53. The quantitative estimate of drug-likeness (QED) is 0.236. The van der Waals surface area contributed by atoms with Crippen LogP contribution in [0.3, 0.4) is 0 Å². The summed E-state index contributed by atoms with van der Waals surface area (Å²) < 4.78 is 2.40. The molecule has 0 radical (unpaired) electrons. The third kappa shape index (κ3) is 2.23. The van der Waals surface area contributed by atoms with Gasteiger partial charge in [-0.2, -0.15) is 0 Å². The van der Waals surface area contributed by atoms with E-state index in [0.29, 0.717) is 0 Å². The summed E-state index contributed by atoms with van der Waals surface area (Å²) in [7, 11) is 0. The number of allylic oxidation sites excluding steroid dienone is 1. The zero-order valence-corrected chi connectivity index (χ0v) is 19.3. The van der Waals surface area contributed by atoms with Crippen LogP contribution in [0.1, 0.15) is 39.8 Å². The fraction of sp³-hybridized carbons (Fsp3) is 0.121. The molecule has 0 fully saturated rings. The van der Waals surface area contributed by atoms with Gasteiger partial charge in [-0.1, -0.05) is 60.2 Å². The molecule has 164 valence electrons. The molecule has 35 heavy (non-hydrogen) atoms. The van der Waals surface area contributed by atoms with E-state index in [0.717, 1.165) is 36.8 Å².